The normalized spacial score (nSPS) is 15.0. The lowest BCUT2D eigenvalue weighted by Crippen LogP contribution is -2.31. The van der Waals surface area contributed by atoms with Crippen LogP contribution in [-0.2, 0) is 5.41 Å². The lowest BCUT2D eigenvalue weighted by Gasteiger charge is -2.29. The highest BCUT2D eigenvalue weighted by Gasteiger charge is 2.44. The zero-order valence-corrected chi connectivity index (χ0v) is 14.2. The van der Waals surface area contributed by atoms with Crippen LogP contribution in [-0.4, -0.2) is 6.61 Å². The van der Waals surface area contributed by atoms with Gasteiger partial charge >= 0.3 is 0 Å². The van der Waals surface area contributed by atoms with E-state index in [4.69, 9.17) is 4.74 Å². The fraction of sp³-hybridized carbons (Fsp3) is 0.100. The number of rotatable bonds is 2. The van der Waals surface area contributed by atoms with Gasteiger partial charge in [-0.1, -0.05) is 40.2 Å². The molecule has 0 amide bonds. The molecule has 0 fully saturated rings. The highest BCUT2D eigenvalue weighted by atomic mass is 79.9. The summed E-state index contributed by atoms with van der Waals surface area (Å²) < 4.78 is 33.7. The van der Waals surface area contributed by atoms with Gasteiger partial charge in [-0.05, 0) is 53.6 Å². The van der Waals surface area contributed by atoms with E-state index in [9.17, 15) is 8.78 Å². The summed E-state index contributed by atoms with van der Waals surface area (Å²) in [5.74, 6) is 0.203. The smallest absolute Gasteiger partial charge is 0.124 e. The summed E-state index contributed by atoms with van der Waals surface area (Å²) in [6.45, 7) is 0.385. The van der Waals surface area contributed by atoms with Crippen molar-refractivity contribution in [2.45, 2.75) is 5.41 Å². The van der Waals surface area contributed by atoms with Gasteiger partial charge in [-0.2, -0.15) is 0 Å². The van der Waals surface area contributed by atoms with E-state index in [1.807, 2.05) is 18.2 Å². The van der Waals surface area contributed by atoms with Crippen molar-refractivity contribution in [3.63, 3.8) is 0 Å². The zero-order valence-electron chi connectivity index (χ0n) is 12.6. The molecule has 0 unspecified atom stereocenters. The number of ether oxygens (including phenoxy) is 1. The molecule has 1 heterocycles. The third-order valence-corrected chi connectivity index (χ3v) is 5.01. The van der Waals surface area contributed by atoms with Gasteiger partial charge in [0.25, 0.3) is 0 Å². The number of benzene rings is 3. The predicted molar refractivity (Wildman–Crippen MR) is 92.3 cm³/mol. The van der Waals surface area contributed by atoms with Gasteiger partial charge in [-0.25, -0.2) is 8.78 Å². The topological polar surface area (TPSA) is 9.23 Å². The first kappa shape index (κ1) is 15.3. The maximum absolute atomic E-state index is 13.4. The Kier molecular flexibility index (Phi) is 3.65. The summed E-state index contributed by atoms with van der Waals surface area (Å²) in [7, 11) is 0. The molecule has 0 atom stereocenters. The van der Waals surface area contributed by atoms with Crippen molar-refractivity contribution in [2.75, 3.05) is 6.61 Å². The van der Waals surface area contributed by atoms with Crippen LogP contribution in [0.5, 0.6) is 5.75 Å². The molecule has 0 radical (unpaired) electrons. The molecule has 0 bridgehead atoms. The molecule has 0 aromatic heterocycles. The van der Waals surface area contributed by atoms with Crippen molar-refractivity contribution in [2.24, 2.45) is 0 Å². The molecule has 0 spiro atoms. The second-order valence-corrected chi connectivity index (χ2v) is 6.76. The number of fused-ring (bicyclic) bond motifs is 1. The minimum atomic E-state index is -0.597. The first-order valence-electron chi connectivity index (χ1n) is 7.54. The Morgan fingerprint density at radius 2 is 1.33 bits per heavy atom. The minimum Gasteiger partial charge on any atom is -0.492 e. The number of hydrogen-bond donors (Lipinski definition) is 0. The van der Waals surface area contributed by atoms with Crippen LogP contribution in [0.25, 0.3) is 0 Å². The van der Waals surface area contributed by atoms with Crippen molar-refractivity contribution in [3.8, 4) is 5.75 Å². The first-order valence-corrected chi connectivity index (χ1v) is 8.34. The van der Waals surface area contributed by atoms with Gasteiger partial charge in [-0.3, -0.25) is 0 Å². The maximum atomic E-state index is 13.4. The van der Waals surface area contributed by atoms with Crippen molar-refractivity contribution in [1.82, 2.24) is 0 Å². The Labute approximate surface area is 147 Å². The van der Waals surface area contributed by atoms with E-state index in [1.165, 1.54) is 24.3 Å². The van der Waals surface area contributed by atoms with E-state index in [2.05, 4.69) is 15.9 Å². The van der Waals surface area contributed by atoms with E-state index in [0.29, 0.717) is 6.61 Å². The molecule has 1 nitrogen and oxygen atoms in total. The molecule has 120 valence electrons. The fourth-order valence-electron chi connectivity index (χ4n) is 3.34. The van der Waals surface area contributed by atoms with E-state index >= 15 is 0 Å². The van der Waals surface area contributed by atoms with Gasteiger partial charge in [0, 0.05) is 10.0 Å². The lowest BCUT2D eigenvalue weighted by atomic mass is 9.71. The minimum absolute atomic E-state index is 0.290. The molecule has 1 aliphatic heterocycles. The van der Waals surface area contributed by atoms with Gasteiger partial charge in [0.2, 0.25) is 0 Å². The quantitative estimate of drug-likeness (QED) is 0.568. The van der Waals surface area contributed by atoms with E-state index in [0.717, 1.165) is 26.9 Å². The molecule has 0 saturated carbocycles. The largest absolute Gasteiger partial charge is 0.492 e. The Hall–Kier alpha value is -2.20. The molecule has 4 rings (SSSR count). The molecule has 3 aromatic carbocycles. The van der Waals surface area contributed by atoms with Crippen LogP contribution < -0.4 is 4.74 Å². The molecular weight excluding hydrogens is 374 g/mol. The second-order valence-electron chi connectivity index (χ2n) is 5.85. The molecule has 3 aromatic rings. The molecular formula is C20H13BrF2O. The van der Waals surface area contributed by atoms with Crippen molar-refractivity contribution >= 4 is 15.9 Å². The standard InChI is InChI=1S/C20H13BrF2O/c21-15-5-10-19-18(11-15)20(12-24-19,13-1-6-16(22)7-2-13)14-3-8-17(23)9-4-14/h1-11H,12H2. The van der Waals surface area contributed by atoms with E-state index < -0.39 is 5.41 Å². The average molecular weight is 387 g/mol. The molecule has 0 aliphatic carbocycles. The van der Waals surface area contributed by atoms with Crippen LogP contribution in [0, 0.1) is 11.6 Å². The Bertz CT molecular complexity index is 843. The van der Waals surface area contributed by atoms with E-state index in [-0.39, 0.29) is 11.6 Å². The maximum Gasteiger partial charge on any atom is 0.124 e. The molecule has 1 aliphatic rings. The summed E-state index contributed by atoms with van der Waals surface area (Å²) in [5, 5.41) is 0. The van der Waals surface area contributed by atoms with Crippen LogP contribution in [0.15, 0.2) is 71.2 Å². The Morgan fingerprint density at radius 3 is 1.88 bits per heavy atom. The Morgan fingerprint density at radius 1 is 0.792 bits per heavy atom. The van der Waals surface area contributed by atoms with Gasteiger partial charge < -0.3 is 4.74 Å². The van der Waals surface area contributed by atoms with Gasteiger partial charge in [0.1, 0.15) is 24.0 Å². The van der Waals surface area contributed by atoms with Crippen LogP contribution in [0.4, 0.5) is 8.78 Å². The van der Waals surface area contributed by atoms with Crippen LogP contribution >= 0.6 is 15.9 Å². The van der Waals surface area contributed by atoms with Crippen molar-refractivity contribution in [1.29, 1.82) is 0 Å². The summed E-state index contributed by atoms with van der Waals surface area (Å²) >= 11 is 3.51. The molecule has 0 N–H and O–H groups in total. The number of hydrogen-bond acceptors (Lipinski definition) is 1. The van der Waals surface area contributed by atoms with Crippen LogP contribution in [0.3, 0.4) is 0 Å². The molecule has 4 heteroatoms. The highest BCUT2D eigenvalue weighted by molar-refractivity contribution is 9.10. The summed E-state index contributed by atoms with van der Waals surface area (Å²) in [6, 6.07) is 18.7. The summed E-state index contributed by atoms with van der Waals surface area (Å²) in [5.41, 5.74) is 2.20. The van der Waals surface area contributed by atoms with Gasteiger partial charge in [-0.15, -0.1) is 0 Å². The third-order valence-electron chi connectivity index (χ3n) is 4.52. The monoisotopic (exact) mass is 386 g/mol. The zero-order chi connectivity index (χ0) is 16.7. The summed E-state index contributed by atoms with van der Waals surface area (Å²) in [6.07, 6.45) is 0. The van der Waals surface area contributed by atoms with Crippen molar-refractivity contribution in [3.05, 3.63) is 99.5 Å². The molecule has 24 heavy (non-hydrogen) atoms. The number of halogens is 3. The van der Waals surface area contributed by atoms with E-state index in [1.54, 1.807) is 24.3 Å². The highest BCUT2D eigenvalue weighted by Crippen LogP contribution is 2.48. The SMILES string of the molecule is Fc1ccc(C2(c3ccc(F)cc3)COc3ccc(Br)cc32)cc1. The first-order chi connectivity index (χ1) is 11.6. The molecule has 0 saturated heterocycles. The van der Waals surface area contributed by atoms with Crippen molar-refractivity contribution < 1.29 is 13.5 Å². The van der Waals surface area contributed by atoms with Gasteiger partial charge in [0.05, 0.1) is 5.41 Å². The second kappa shape index (κ2) is 5.71. The Balaban J connectivity index is 2.00. The van der Waals surface area contributed by atoms with Crippen LogP contribution in [0.2, 0.25) is 0 Å². The third kappa shape index (κ3) is 2.33. The van der Waals surface area contributed by atoms with Crippen LogP contribution in [0.1, 0.15) is 16.7 Å². The van der Waals surface area contributed by atoms with Gasteiger partial charge in [0.15, 0.2) is 0 Å². The summed E-state index contributed by atoms with van der Waals surface area (Å²) in [4.78, 5) is 0. The lowest BCUT2D eigenvalue weighted by molar-refractivity contribution is 0.313. The fourth-order valence-corrected chi connectivity index (χ4v) is 3.70. The predicted octanol–water partition coefficient (Wildman–Crippen LogP) is 5.45. The average Bonchev–Trinajstić information content (AvgIpc) is 2.96.